The number of carbonyl (C=O) groups excluding carboxylic acids is 1. The summed E-state index contributed by atoms with van der Waals surface area (Å²) in [5, 5.41) is 4.42. The number of rotatable bonds is 6. The predicted molar refractivity (Wildman–Crippen MR) is 109 cm³/mol. The molecule has 0 bridgehead atoms. The number of thioether (sulfide) groups is 1. The van der Waals surface area contributed by atoms with E-state index >= 15 is 0 Å². The largest absolute Gasteiger partial charge is 0.445 e. The number of para-hydroxylation sites is 1. The molecule has 2 N–H and O–H groups in total. The second-order valence-corrected chi connectivity index (χ2v) is 8.64. The van der Waals surface area contributed by atoms with Crippen molar-refractivity contribution < 1.29 is 9.21 Å². The highest BCUT2D eigenvalue weighted by atomic mass is 32.2. The molecule has 1 atom stereocenters. The summed E-state index contributed by atoms with van der Waals surface area (Å²) in [4.78, 5) is 24.3. The number of aromatic nitrogens is 3. The molecule has 0 aliphatic carbocycles. The Bertz CT molecular complexity index is 1080. The van der Waals surface area contributed by atoms with Gasteiger partial charge in [0.25, 0.3) is 5.91 Å². The number of fused-ring (bicyclic) bond motifs is 1. The van der Waals surface area contributed by atoms with Gasteiger partial charge in [0.05, 0.1) is 27.4 Å². The maximum absolute atomic E-state index is 12.6. The molecule has 1 amide bonds. The van der Waals surface area contributed by atoms with E-state index < -0.39 is 0 Å². The van der Waals surface area contributed by atoms with Gasteiger partial charge in [-0.15, -0.1) is 11.8 Å². The smallest absolute Gasteiger partial charge is 0.259 e. The van der Waals surface area contributed by atoms with E-state index in [9.17, 15) is 4.79 Å². The summed E-state index contributed by atoms with van der Waals surface area (Å²) >= 11 is 3.05. The van der Waals surface area contributed by atoms with Crippen molar-refractivity contribution in [2.75, 3.05) is 5.32 Å². The fraction of sp³-hybridized carbons (Fsp3) is 0.211. The lowest BCUT2D eigenvalue weighted by Crippen LogP contribution is -2.10. The molecular weight excluding hydrogens is 380 g/mol. The van der Waals surface area contributed by atoms with E-state index in [0.717, 1.165) is 27.3 Å². The molecule has 4 rings (SSSR count). The van der Waals surface area contributed by atoms with Gasteiger partial charge in [0.2, 0.25) is 5.89 Å². The third-order valence-electron chi connectivity index (χ3n) is 4.10. The summed E-state index contributed by atoms with van der Waals surface area (Å²) in [7, 11) is 0. The number of hydrogen-bond acceptors (Lipinski definition) is 6. The number of H-pyrrole nitrogens is 1. The number of aromatic amines is 1. The average molecular weight is 399 g/mol. The molecule has 4 aromatic rings. The van der Waals surface area contributed by atoms with E-state index in [4.69, 9.17) is 4.42 Å². The molecule has 0 saturated heterocycles. The number of carbonyl (C=O) groups is 1. The molecule has 138 valence electrons. The molecule has 0 saturated carbocycles. The molecule has 6 nitrogen and oxygen atoms in total. The number of amides is 1. The number of nitrogens with one attached hydrogen (secondary N) is 2. The second kappa shape index (κ2) is 7.58. The maximum atomic E-state index is 12.6. The number of oxazole rings is 1. The molecule has 1 aromatic carbocycles. The zero-order valence-corrected chi connectivity index (χ0v) is 16.5. The van der Waals surface area contributed by atoms with Crippen molar-refractivity contribution in [3.8, 4) is 0 Å². The highest BCUT2D eigenvalue weighted by Gasteiger charge is 2.17. The Balaban J connectivity index is 1.44. The number of hydrogen-bond donors (Lipinski definition) is 2. The van der Waals surface area contributed by atoms with Gasteiger partial charge in [-0.25, -0.2) is 9.97 Å². The molecule has 0 aliphatic rings. The first-order chi connectivity index (χ1) is 13.1. The van der Waals surface area contributed by atoms with Crippen LogP contribution in [0.25, 0.3) is 10.9 Å². The van der Waals surface area contributed by atoms with Crippen molar-refractivity contribution in [1.29, 1.82) is 0 Å². The van der Waals surface area contributed by atoms with Gasteiger partial charge in [-0.3, -0.25) is 10.1 Å². The average Bonchev–Trinajstić information content (AvgIpc) is 3.41. The highest BCUT2D eigenvalue weighted by Crippen LogP contribution is 2.38. The van der Waals surface area contributed by atoms with E-state index in [0.29, 0.717) is 16.6 Å². The van der Waals surface area contributed by atoms with Crippen LogP contribution in [0.3, 0.4) is 0 Å². The van der Waals surface area contributed by atoms with Crippen LogP contribution in [0.5, 0.6) is 0 Å². The molecule has 0 aliphatic heterocycles. The molecule has 0 fully saturated rings. The van der Waals surface area contributed by atoms with Gasteiger partial charge >= 0.3 is 0 Å². The van der Waals surface area contributed by atoms with Gasteiger partial charge in [-0.1, -0.05) is 36.5 Å². The van der Waals surface area contributed by atoms with Crippen molar-refractivity contribution in [3.63, 3.8) is 0 Å². The van der Waals surface area contributed by atoms with Gasteiger partial charge in [0.15, 0.2) is 5.13 Å². The standard InChI is InChI=1S/C19H18N4O2S2/c1-3-12-8-21-18(25-12)11(2)26-16-10-22-19(27-16)23-17(24)14-9-20-15-7-5-4-6-13(14)15/h4-11,20H,3H2,1-2H3,(H,22,23,24). The Kier molecular flexibility index (Phi) is 5.00. The second-order valence-electron chi connectivity index (χ2n) is 5.96. The van der Waals surface area contributed by atoms with Crippen molar-refractivity contribution in [3.05, 3.63) is 60.1 Å². The first-order valence-corrected chi connectivity index (χ1v) is 10.3. The van der Waals surface area contributed by atoms with Crippen LogP contribution in [0.4, 0.5) is 5.13 Å². The predicted octanol–water partition coefficient (Wildman–Crippen LogP) is 5.28. The Morgan fingerprint density at radius 1 is 1.33 bits per heavy atom. The maximum Gasteiger partial charge on any atom is 0.259 e. The molecular formula is C19H18N4O2S2. The summed E-state index contributed by atoms with van der Waals surface area (Å²) in [6.07, 6.45) is 6.08. The van der Waals surface area contributed by atoms with Crippen LogP contribution in [0, 0.1) is 0 Å². The number of benzene rings is 1. The zero-order chi connectivity index (χ0) is 18.8. The topological polar surface area (TPSA) is 83.8 Å². The number of anilines is 1. The Hall–Kier alpha value is -2.58. The van der Waals surface area contributed by atoms with Crippen LogP contribution in [0.2, 0.25) is 0 Å². The molecule has 0 radical (unpaired) electrons. The molecule has 3 heterocycles. The minimum atomic E-state index is -0.174. The van der Waals surface area contributed by atoms with Crippen molar-refractivity contribution >= 4 is 45.0 Å². The van der Waals surface area contributed by atoms with Crippen LogP contribution < -0.4 is 5.32 Å². The number of aryl methyl sites for hydroxylation is 1. The van der Waals surface area contributed by atoms with Gasteiger partial charge < -0.3 is 9.40 Å². The van der Waals surface area contributed by atoms with Crippen LogP contribution >= 0.6 is 23.1 Å². The third-order valence-corrected chi connectivity index (χ3v) is 6.24. The first kappa shape index (κ1) is 17.8. The van der Waals surface area contributed by atoms with Crippen LogP contribution in [-0.4, -0.2) is 20.9 Å². The first-order valence-electron chi connectivity index (χ1n) is 8.58. The molecule has 0 spiro atoms. The Labute approximate surface area is 164 Å². The van der Waals surface area contributed by atoms with E-state index in [-0.39, 0.29) is 11.2 Å². The Morgan fingerprint density at radius 2 is 2.19 bits per heavy atom. The number of nitrogens with zero attached hydrogens (tertiary/aromatic N) is 2. The van der Waals surface area contributed by atoms with Gasteiger partial charge in [-0.05, 0) is 13.0 Å². The third kappa shape index (κ3) is 3.77. The molecule has 3 aromatic heterocycles. The zero-order valence-electron chi connectivity index (χ0n) is 14.9. The van der Waals surface area contributed by atoms with Crippen molar-refractivity contribution in [2.24, 2.45) is 0 Å². The van der Waals surface area contributed by atoms with E-state index in [1.807, 2.05) is 38.1 Å². The quantitative estimate of drug-likeness (QED) is 0.432. The minimum Gasteiger partial charge on any atom is -0.445 e. The van der Waals surface area contributed by atoms with Crippen molar-refractivity contribution in [1.82, 2.24) is 15.0 Å². The lowest BCUT2D eigenvalue weighted by molar-refractivity contribution is 0.102. The van der Waals surface area contributed by atoms with Gasteiger partial charge in [0.1, 0.15) is 5.76 Å². The van der Waals surface area contributed by atoms with Crippen LogP contribution in [-0.2, 0) is 6.42 Å². The summed E-state index contributed by atoms with van der Waals surface area (Å²) in [5.41, 5.74) is 1.54. The lowest BCUT2D eigenvalue weighted by atomic mass is 10.2. The fourth-order valence-electron chi connectivity index (χ4n) is 2.69. The monoisotopic (exact) mass is 398 g/mol. The molecule has 27 heavy (non-hydrogen) atoms. The summed E-state index contributed by atoms with van der Waals surface area (Å²) < 4.78 is 6.70. The SMILES string of the molecule is CCc1cnc(C(C)Sc2cnc(NC(=O)c3c[nH]c4ccccc34)s2)o1. The Morgan fingerprint density at radius 3 is 3.00 bits per heavy atom. The van der Waals surface area contributed by atoms with E-state index in [1.54, 1.807) is 30.4 Å². The highest BCUT2D eigenvalue weighted by molar-refractivity contribution is 8.01. The summed E-state index contributed by atoms with van der Waals surface area (Å²) in [6, 6.07) is 7.72. The van der Waals surface area contributed by atoms with Crippen LogP contribution in [0.15, 0.2) is 51.5 Å². The summed E-state index contributed by atoms with van der Waals surface area (Å²) in [5.74, 6) is 1.41. The van der Waals surface area contributed by atoms with Gasteiger partial charge in [-0.2, -0.15) is 0 Å². The lowest BCUT2D eigenvalue weighted by Gasteiger charge is -2.04. The summed E-state index contributed by atoms with van der Waals surface area (Å²) in [6.45, 7) is 4.08. The van der Waals surface area contributed by atoms with E-state index in [2.05, 4.69) is 20.3 Å². The normalized spacial score (nSPS) is 12.4. The van der Waals surface area contributed by atoms with E-state index in [1.165, 1.54) is 11.3 Å². The fourth-order valence-corrected chi connectivity index (χ4v) is 4.77. The molecule has 8 heteroatoms. The minimum absolute atomic E-state index is 0.0721. The molecule has 1 unspecified atom stereocenters. The van der Waals surface area contributed by atoms with Crippen LogP contribution in [0.1, 0.15) is 41.1 Å². The van der Waals surface area contributed by atoms with Gasteiger partial charge in [0, 0.05) is 23.5 Å². The van der Waals surface area contributed by atoms with Crippen molar-refractivity contribution in [2.45, 2.75) is 29.7 Å². The number of thiazole rings is 1.